The van der Waals surface area contributed by atoms with E-state index >= 15 is 0 Å². The molecule has 2 aromatic heterocycles. The summed E-state index contributed by atoms with van der Waals surface area (Å²) in [7, 11) is 0. The summed E-state index contributed by atoms with van der Waals surface area (Å²) in [5, 5.41) is 7.78. The van der Waals surface area contributed by atoms with Crippen molar-refractivity contribution in [1.82, 2.24) is 14.7 Å². The van der Waals surface area contributed by atoms with Crippen LogP contribution in [0, 0.1) is 13.8 Å². The summed E-state index contributed by atoms with van der Waals surface area (Å²) in [4.78, 5) is 14.7. The largest absolute Gasteiger partial charge is 0.336 e. The van der Waals surface area contributed by atoms with E-state index in [0.29, 0.717) is 0 Å². The first kappa shape index (κ1) is 14.5. The van der Waals surface area contributed by atoms with E-state index in [1.165, 1.54) is 10.4 Å². The molecule has 0 bridgehead atoms. The molecular weight excluding hydrogens is 306 g/mol. The number of likely N-dealkylation sites (tertiary alicyclic amines) is 1. The molecule has 0 aliphatic carbocycles. The van der Waals surface area contributed by atoms with Crippen molar-refractivity contribution in [2.45, 2.75) is 26.3 Å². The van der Waals surface area contributed by atoms with Gasteiger partial charge in [0.2, 0.25) is 0 Å². The first-order valence-electron chi connectivity index (χ1n) is 7.91. The molecule has 23 heavy (non-hydrogen) atoms. The zero-order chi connectivity index (χ0) is 16.0. The summed E-state index contributed by atoms with van der Waals surface area (Å²) in [6.07, 6.45) is 0.967. The van der Waals surface area contributed by atoms with Crippen molar-refractivity contribution in [3.05, 3.63) is 52.7 Å². The topological polar surface area (TPSA) is 38.1 Å². The molecule has 0 radical (unpaired) electrons. The SMILES string of the molecule is Cc1cc(C)n([C@@H]2CCN(C(=O)c3ccc4sccc4c3)C2)n1. The third kappa shape index (κ3) is 2.55. The van der Waals surface area contributed by atoms with Crippen molar-refractivity contribution in [1.29, 1.82) is 0 Å². The van der Waals surface area contributed by atoms with Gasteiger partial charge in [-0.15, -0.1) is 11.3 Å². The maximum absolute atomic E-state index is 12.8. The number of hydrogen-bond donors (Lipinski definition) is 0. The minimum atomic E-state index is 0.127. The van der Waals surface area contributed by atoms with Gasteiger partial charge in [-0.25, -0.2) is 0 Å². The van der Waals surface area contributed by atoms with Crippen LogP contribution in [0.2, 0.25) is 0 Å². The van der Waals surface area contributed by atoms with Gasteiger partial charge in [-0.05, 0) is 61.4 Å². The molecule has 1 saturated heterocycles. The Bertz CT molecular complexity index is 879. The molecule has 1 fully saturated rings. The number of aromatic nitrogens is 2. The van der Waals surface area contributed by atoms with Crippen LogP contribution >= 0.6 is 11.3 Å². The lowest BCUT2D eigenvalue weighted by Gasteiger charge is -2.17. The number of carbonyl (C=O) groups excluding carboxylic acids is 1. The van der Waals surface area contributed by atoms with Gasteiger partial charge in [-0.1, -0.05) is 0 Å². The predicted molar refractivity (Wildman–Crippen MR) is 93.1 cm³/mol. The number of rotatable bonds is 2. The Morgan fingerprint density at radius 3 is 2.91 bits per heavy atom. The van der Waals surface area contributed by atoms with Crippen LogP contribution in [0.3, 0.4) is 0 Å². The molecule has 3 aromatic rings. The number of amides is 1. The van der Waals surface area contributed by atoms with Crippen molar-refractivity contribution < 1.29 is 4.79 Å². The maximum Gasteiger partial charge on any atom is 0.253 e. The van der Waals surface area contributed by atoms with Crippen molar-refractivity contribution >= 4 is 27.3 Å². The summed E-state index contributed by atoms with van der Waals surface area (Å²) in [6.45, 7) is 5.62. The molecular formula is C18H19N3OS. The fourth-order valence-corrected chi connectivity index (χ4v) is 4.19. The Balaban J connectivity index is 1.54. The molecule has 1 aliphatic rings. The molecule has 0 N–H and O–H groups in total. The molecule has 118 valence electrons. The van der Waals surface area contributed by atoms with Gasteiger partial charge in [0.1, 0.15) is 0 Å². The normalized spacial score (nSPS) is 18.0. The number of nitrogens with zero attached hydrogens (tertiary/aromatic N) is 3. The quantitative estimate of drug-likeness (QED) is 0.719. The molecule has 1 aromatic carbocycles. The van der Waals surface area contributed by atoms with Crippen molar-refractivity contribution in [2.75, 3.05) is 13.1 Å². The number of aryl methyl sites for hydroxylation is 2. The van der Waals surface area contributed by atoms with Crippen molar-refractivity contribution in [3.8, 4) is 0 Å². The summed E-state index contributed by atoms with van der Waals surface area (Å²) >= 11 is 1.71. The van der Waals surface area contributed by atoms with Crippen LogP contribution in [-0.2, 0) is 0 Å². The fraction of sp³-hybridized carbons (Fsp3) is 0.333. The van der Waals surface area contributed by atoms with E-state index in [4.69, 9.17) is 0 Å². The van der Waals surface area contributed by atoms with Crippen LogP contribution in [0.15, 0.2) is 35.7 Å². The van der Waals surface area contributed by atoms with Crippen LogP contribution < -0.4 is 0 Å². The molecule has 1 amide bonds. The zero-order valence-corrected chi connectivity index (χ0v) is 14.1. The van der Waals surface area contributed by atoms with Crippen LogP contribution in [-0.4, -0.2) is 33.7 Å². The fourth-order valence-electron chi connectivity index (χ4n) is 3.42. The van der Waals surface area contributed by atoms with Gasteiger partial charge in [0, 0.05) is 29.0 Å². The van der Waals surface area contributed by atoms with Crippen molar-refractivity contribution in [2.24, 2.45) is 0 Å². The Morgan fingerprint density at radius 1 is 1.26 bits per heavy atom. The van der Waals surface area contributed by atoms with Gasteiger partial charge in [0.05, 0.1) is 11.7 Å². The Labute approximate surface area is 139 Å². The van der Waals surface area contributed by atoms with E-state index in [0.717, 1.165) is 36.2 Å². The summed E-state index contributed by atoms with van der Waals surface area (Å²) in [5.74, 6) is 0.127. The predicted octanol–water partition coefficient (Wildman–Crippen LogP) is 3.80. The summed E-state index contributed by atoms with van der Waals surface area (Å²) in [5.41, 5.74) is 2.99. The average molecular weight is 325 g/mol. The zero-order valence-electron chi connectivity index (χ0n) is 13.3. The van der Waals surface area contributed by atoms with Gasteiger partial charge >= 0.3 is 0 Å². The monoisotopic (exact) mass is 325 g/mol. The van der Waals surface area contributed by atoms with Crippen LogP contribution in [0.4, 0.5) is 0 Å². The average Bonchev–Trinajstić information content (AvgIpc) is 3.24. The molecule has 0 spiro atoms. The molecule has 4 rings (SSSR count). The lowest BCUT2D eigenvalue weighted by atomic mass is 10.1. The van der Waals surface area contributed by atoms with E-state index in [2.05, 4.69) is 34.2 Å². The second-order valence-electron chi connectivity index (χ2n) is 6.24. The highest BCUT2D eigenvalue weighted by molar-refractivity contribution is 7.17. The Morgan fingerprint density at radius 2 is 2.13 bits per heavy atom. The van der Waals surface area contributed by atoms with Crippen LogP contribution in [0.1, 0.15) is 34.2 Å². The number of thiophene rings is 1. The van der Waals surface area contributed by atoms with Gasteiger partial charge in [-0.2, -0.15) is 5.10 Å². The minimum Gasteiger partial charge on any atom is -0.336 e. The van der Waals surface area contributed by atoms with Gasteiger partial charge < -0.3 is 4.90 Å². The smallest absolute Gasteiger partial charge is 0.253 e. The van der Waals surface area contributed by atoms with E-state index in [1.54, 1.807) is 11.3 Å². The molecule has 0 saturated carbocycles. The van der Waals surface area contributed by atoms with E-state index in [-0.39, 0.29) is 11.9 Å². The Hall–Kier alpha value is -2.14. The summed E-state index contributed by atoms with van der Waals surface area (Å²) < 4.78 is 3.30. The second-order valence-corrected chi connectivity index (χ2v) is 7.19. The number of hydrogen-bond acceptors (Lipinski definition) is 3. The first-order valence-corrected chi connectivity index (χ1v) is 8.79. The molecule has 1 aliphatic heterocycles. The molecule has 3 heterocycles. The van der Waals surface area contributed by atoms with Gasteiger partial charge in [0.15, 0.2) is 0 Å². The molecule has 5 heteroatoms. The van der Waals surface area contributed by atoms with E-state index in [1.807, 2.05) is 30.0 Å². The number of fused-ring (bicyclic) bond motifs is 1. The standard InChI is InChI=1S/C18H19N3OS/c1-12-9-13(2)21(19-12)16-5-7-20(11-16)18(22)15-3-4-17-14(10-15)6-8-23-17/h3-4,6,8-10,16H,5,7,11H2,1-2H3/t16-/m1/s1. The molecule has 4 nitrogen and oxygen atoms in total. The van der Waals surface area contributed by atoms with Crippen LogP contribution in [0.25, 0.3) is 10.1 Å². The minimum absolute atomic E-state index is 0.127. The maximum atomic E-state index is 12.8. The van der Waals surface area contributed by atoms with Gasteiger partial charge in [-0.3, -0.25) is 9.48 Å². The Kier molecular flexibility index (Phi) is 3.45. The van der Waals surface area contributed by atoms with E-state index < -0.39 is 0 Å². The third-order valence-corrected chi connectivity index (χ3v) is 5.44. The van der Waals surface area contributed by atoms with Crippen LogP contribution in [0.5, 0.6) is 0 Å². The first-order chi connectivity index (χ1) is 11.1. The highest BCUT2D eigenvalue weighted by atomic mass is 32.1. The van der Waals surface area contributed by atoms with Crippen molar-refractivity contribution in [3.63, 3.8) is 0 Å². The lowest BCUT2D eigenvalue weighted by molar-refractivity contribution is 0.0787. The highest BCUT2D eigenvalue weighted by Crippen LogP contribution is 2.26. The van der Waals surface area contributed by atoms with E-state index in [9.17, 15) is 4.79 Å². The number of carbonyl (C=O) groups is 1. The lowest BCUT2D eigenvalue weighted by Crippen LogP contribution is -2.29. The summed E-state index contributed by atoms with van der Waals surface area (Å²) in [6, 6.07) is 10.4. The number of benzene rings is 1. The highest BCUT2D eigenvalue weighted by Gasteiger charge is 2.29. The van der Waals surface area contributed by atoms with Gasteiger partial charge in [0.25, 0.3) is 5.91 Å². The molecule has 0 unspecified atom stereocenters. The third-order valence-electron chi connectivity index (χ3n) is 4.54. The molecule has 1 atom stereocenters. The second kappa shape index (κ2) is 5.49.